The van der Waals surface area contributed by atoms with Crippen LogP contribution in [0.3, 0.4) is 0 Å². The monoisotopic (exact) mass is 240 g/mol. The summed E-state index contributed by atoms with van der Waals surface area (Å²) in [4.78, 5) is 7.61. The Bertz CT molecular complexity index is 687. The molecule has 3 N–H and O–H groups in total. The van der Waals surface area contributed by atoms with E-state index in [-0.39, 0.29) is 11.5 Å². The normalized spacial score (nSPS) is 10.9. The van der Waals surface area contributed by atoms with E-state index in [4.69, 9.17) is 0 Å². The Labute approximate surface area is 104 Å². The van der Waals surface area contributed by atoms with Gasteiger partial charge in [-0.25, -0.2) is 4.98 Å². The fraction of sp³-hybridized carbons (Fsp3) is 0.0714. The number of rotatable bonds is 2. The molecule has 18 heavy (non-hydrogen) atoms. The zero-order valence-corrected chi connectivity index (χ0v) is 9.59. The maximum Gasteiger partial charge on any atom is 0.117 e. The molecule has 0 fully saturated rings. The highest BCUT2D eigenvalue weighted by atomic mass is 16.3. The third kappa shape index (κ3) is 2.00. The van der Waals surface area contributed by atoms with Gasteiger partial charge in [-0.15, -0.1) is 0 Å². The first-order valence-corrected chi connectivity index (χ1v) is 5.66. The van der Waals surface area contributed by atoms with Crippen LogP contribution in [0.2, 0.25) is 0 Å². The number of hydrogen-bond acceptors (Lipinski definition) is 3. The summed E-state index contributed by atoms with van der Waals surface area (Å²) in [5, 5.41) is 18.6. The molecule has 0 unspecified atom stereocenters. The highest BCUT2D eigenvalue weighted by Gasteiger charge is 2.04. The van der Waals surface area contributed by atoms with Gasteiger partial charge >= 0.3 is 0 Å². The third-order valence-electron chi connectivity index (χ3n) is 2.82. The van der Waals surface area contributed by atoms with Crippen LogP contribution < -0.4 is 0 Å². The van der Waals surface area contributed by atoms with Gasteiger partial charge in [-0.2, -0.15) is 0 Å². The number of aromatic hydroxyl groups is 2. The smallest absolute Gasteiger partial charge is 0.117 e. The topological polar surface area (TPSA) is 69.1 Å². The van der Waals surface area contributed by atoms with Gasteiger partial charge in [0.25, 0.3) is 0 Å². The van der Waals surface area contributed by atoms with E-state index in [9.17, 15) is 10.2 Å². The Kier molecular flexibility index (Phi) is 2.41. The van der Waals surface area contributed by atoms with E-state index >= 15 is 0 Å². The molecule has 1 heterocycles. The summed E-state index contributed by atoms with van der Waals surface area (Å²) in [5.74, 6) is 1.32. The molecule has 3 rings (SSSR count). The summed E-state index contributed by atoms with van der Waals surface area (Å²) < 4.78 is 0. The highest BCUT2D eigenvalue weighted by Crippen LogP contribution is 2.19. The summed E-state index contributed by atoms with van der Waals surface area (Å²) in [6.07, 6.45) is 0.662. The Morgan fingerprint density at radius 3 is 2.44 bits per heavy atom. The largest absolute Gasteiger partial charge is 0.508 e. The molecule has 0 aliphatic rings. The molecule has 3 aromatic rings. The Balaban J connectivity index is 1.92. The van der Waals surface area contributed by atoms with Crippen LogP contribution in [0.15, 0.2) is 42.5 Å². The molecule has 90 valence electrons. The van der Waals surface area contributed by atoms with Crippen LogP contribution in [0.1, 0.15) is 11.4 Å². The summed E-state index contributed by atoms with van der Waals surface area (Å²) in [5.41, 5.74) is 2.72. The van der Waals surface area contributed by atoms with Crippen molar-refractivity contribution in [3.63, 3.8) is 0 Å². The van der Waals surface area contributed by atoms with Crippen LogP contribution in [0.25, 0.3) is 11.0 Å². The number of H-pyrrole nitrogens is 1. The molecule has 4 nitrogen and oxygen atoms in total. The maximum atomic E-state index is 9.38. The summed E-state index contributed by atoms with van der Waals surface area (Å²) in [6.45, 7) is 0. The second-order valence-corrected chi connectivity index (χ2v) is 4.23. The van der Waals surface area contributed by atoms with E-state index in [1.54, 1.807) is 30.3 Å². The van der Waals surface area contributed by atoms with Gasteiger partial charge < -0.3 is 15.2 Å². The van der Waals surface area contributed by atoms with Crippen LogP contribution >= 0.6 is 0 Å². The zero-order chi connectivity index (χ0) is 12.5. The number of phenols is 2. The number of phenolic OH excluding ortho intramolecular Hbond substituents is 2. The van der Waals surface area contributed by atoms with E-state index in [2.05, 4.69) is 9.97 Å². The first-order chi connectivity index (χ1) is 8.70. The molecule has 0 amide bonds. The Hall–Kier alpha value is -2.49. The zero-order valence-electron chi connectivity index (χ0n) is 9.59. The number of aromatic amines is 1. The number of nitrogens with one attached hydrogen (secondary N) is 1. The minimum absolute atomic E-state index is 0.224. The molecule has 0 bridgehead atoms. The van der Waals surface area contributed by atoms with Crippen molar-refractivity contribution in [2.75, 3.05) is 0 Å². The van der Waals surface area contributed by atoms with Crippen LogP contribution in [-0.4, -0.2) is 20.2 Å². The number of imidazole rings is 1. The molecule has 0 spiro atoms. The predicted octanol–water partition coefficient (Wildman–Crippen LogP) is 2.56. The first-order valence-electron chi connectivity index (χ1n) is 5.66. The maximum absolute atomic E-state index is 9.38. The molecule has 0 aliphatic heterocycles. The molecule has 2 aromatic carbocycles. The number of fused-ring (bicyclic) bond motifs is 1. The number of nitrogens with zero attached hydrogens (tertiary/aromatic N) is 1. The van der Waals surface area contributed by atoms with Gasteiger partial charge in [0.1, 0.15) is 17.3 Å². The van der Waals surface area contributed by atoms with Crippen molar-refractivity contribution in [3.05, 3.63) is 53.9 Å². The fourth-order valence-corrected chi connectivity index (χ4v) is 1.94. The van der Waals surface area contributed by atoms with Crippen molar-refractivity contribution in [1.82, 2.24) is 9.97 Å². The summed E-state index contributed by atoms with van der Waals surface area (Å²) in [6, 6.07) is 12.1. The van der Waals surface area contributed by atoms with Gasteiger partial charge in [0.05, 0.1) is 11.0 Å². The van der Waals surface area contributed by atoms with Gasteiger partial charge in [0.15, 0.2) is 0 Å². The molecule has 0 saturated heterocycles. The van der Waals surface area contributed by atoms with Crippen molar-refractivity contribution >= 4 is 11.0 Å². The lowest BCUT2D eigenvalue weighted by atomic mass is 10.1. The fourth-order valence-electron chi connectivity index (χ4n) is 1.94. The van der Waals surface area contributed by atoms with Crippen molar-refractivity contribution in [1.29, 1.82) is 0 Å². The number of hydrogen-bond donors (Lipinski definition) is 3. The van der Waals surface area contributed by atoms with Crippen molar-refractivity contribution in [2.24, 2.45) is 0 Å². The molecule has 0 aliphatic carbocycles. The molecule has 0 radical (unpaired) electrons. The molecule has 0 atom stereocenters. The van der Waals surface area contributed by atoms with Gasteiger partial charge in [-0.05, 0) is 29.8 Å². The third-order valence-corrected chi connectivity index (χ3v) is 2.82. The van der Waals surface area contributed by atoms with Crippen LogP contribution in [0, 0.1) is 0 Å². The summed E-state index contributed by atoms with van der Waals surface area (Å²) >= 11 is 0. The second-order valence-electron chi connectivity index (χ2n) is 4.23. The molecule has 1 aromatic heterocycles. The molecule has 4 heteroatoms. The van der Waals surface area contributed by atoms with Crippen LogP contribution in [-0.2, 0) is 6.42 Å². The van der Waals surface area contributed by atoms with E-state index in [1.807, 2.05) is 12.1 Å². The van der Waals surface area contributed by atoms with Gasteiger partial charge in [0.2, 0.25) is 0 Å². The standard InChI is InChI=1S/C14H12N2O2/c17-10-3-1-9(2-4-10)7-14-15-12-6-5-11(18)8-13(12)16-14/h1-6,8,17-18H,7H2,(H,15,16). The van der Waals surface area contributed by atoms with Crippen LogP contribution in [0.5, 0.6) is 11.5 Å². The first kappa shape index (κ1) is 10.7. The number of benzene rings is 2. The summed E-state index contributed by atoms with van der Waals surface area (Å²) in [7, 11) is 0. The average Bonchev–Trinajstić information content (AvgIpc) is 2.73. The number of aromatic nitrogens is 2. The SMILES string of the molecule is Oc1ccc(Cc2nc3ccc(O)cc3[nH]2)cc1. The van der Waals surface area contributed by atoms with Gasteiger partial charge in [-0.3, -0.25) is 0 Å². The second kappa shape index (κ2) is 4.07. The van der Waals surface area contributed by atoms with E-state index in [0.29, 0.717) is 6.42 Å². The van der Waals surface area contributed by atoms with Crippen molar-refractivity contribution < 1.29 is 10.2 Å². The van der Waals surface area contributed by atoms with Crippen LogP contribution in [0.4, 0.5) is 0 Å². The van der Waals surface area contributed by atoms with E-state index in [0.717, 1.165) is 22.4 Å². The van der Waals surface area contributed by atoms with Crippen molar-refractivity contribution in [3.8, 4) is 11.5 Å². The minimum Gasteiger partial charge on any atom is -0.508 e. The van der Waals surface area contributed by atoms with E-state index < -0.39 is 0 Å². The quantitative estimate of drug-likeness (QED) is 0.644. The van der Waals surface area contributed by atoms with Gasteiger partial charge in [0, 0.05) is 12.5 Å². The lowest BCUT2D eigenvalue weighted by Crippen LogP contribution is -1.89. The lowest BCUT2D eigenvalue weighted by Gasteiger charge is -1.98. The van der Waals surface area contributed by atoms with Gasteiger partial charge in [-0.1, -0.05) is 12.1 Å². The minimum atomic E-state index is 0.224. The Morgan fingerprint density at radius 2 is 1.67 bits per heavy atom. The average molecular weight is 240 g/mol. The van der Waals surface area contributed by atoms with E-state index in [1.165, 1.54) is 0 Å². The highest BCUT2D eigenvalue weighted by molar-refractivity contribution is 5.76. The molecular formula is C14H12N2O2. The predicted molar refractivity (Wildman–Crippen MR) is 68.7 cm³/mol. The molecule has 0 saturated carbocycles. The lowest BCUT2D eigenvalue weighted by molar-refractivity contribution is 0.475. The molecular weight excluding hydrogens is 228 g/mol. The Morgan fingerprint density at radius 1 is 0.944 bits per heavy atom. The van der Waals surface area contributed by atoms with Crippen molar-refractivity contribution in [2.45, 2.75) is 6.42 Å².